The Labute approximate surface area is 216 Å². The summed E-state index contributed by atoms with van der Waals surface area (Å²) in [5.74, 6) is 1.17. The smallest absolute Gasteiger partial charge is 0.336 e. The molecular formula is C28H30N4O5. The first-order valence-corrected chi connectivity index (χ1v) is 11.9. The molecule has 37 heavy (non-hydrogen) atoms. The fraction of sp³-hybridized carbons (Fsp3) is 0.250. The molecule has 192 valence electrons. The largest absolute Gasteiger partial charge is 0.496 e. The molecule has 4 rings (SSSR count). The minimum absolute atomic E-state index is 0.263. The van der Waals surface area contributed by atoms with E-state index in [-0.39, 0.29) is 11.9 Å². The van der Waals surface area contributed by atoms with Crippen molar-refractivity contribution >= 4 is 11.6 Å². The van der Waals surface area contributed by atoms with Crippen molar-refractivity contribution in [2.24, 2.45) is 0 Å². The van der Waals surface area contributed by atoms with Gasteiger partial charge in [-0.05, 0) is 55.8 Å². The molecule has 1 heterocycles. The summed E-state index contributed by atoms with van der Waals surface area (Å²) < 4.78 is 23.5. The van der Waals surface area contributed by atoms with Gasteiger partial charge in [0.1, 0.15) is 23.7 Å². The molecule has 9 nitrogen and oxygen atoms in total. The number of rotatable bonds is 11. The summed E-state index contributed by atoms with van der Waals surface area (Å²) in [6, 6.07) is 20.7. The lowest BCUT2D eigenvalue weighted by Crippen LogP contribution is -2.14. The Kier molecular flexibility index (Phi) is 8.37. The number of aryl methyl sites for hydroxylation is 1. The van der Waals surface area contributed by atoms with E-state index < -0.39 is 0 Å². The van der Waals surface area contributed by atoms with Gasteiger partial charge in [-0.25, -0.2) is 4.68 Å². The van der Waals surface area contributed by atoms with Crippen LogP contribution in [0.4, 0.5) is 5.69 Å². The van der Waals surface area contributed by atoms with Crippen LogP contribution in [0.15, 0.2) is 66.7 Å². The Morgan fingerprint density at radius 3 is 2.27 bits per heavy atom. The fourth-order valence-electron chi connectivity index (χ4n) is 3.82. The lowest BCUT2D eigenvalue weighted by Gasteiger charge is -2.13. The summed E-state index contributed by atoms with van der Waals surface area (Å²) >= 11 is 0. The highest BCUT2D eigenvalue weighted by Crippen LogP contribution is 2.30. The Hall–Kier alpha value is -4.37. The summed E-state index contributed by atoms with van der Waals surface area (Å²) in [5, 5.41) is 7.49. The molecular weight excluding hydrogens is 472 g/mol. The molecule has 1 amide bonds. The van der Waals surface area contributed by atoms with Gasteiger partial charge in [-0.1, -0.05) is 30.3 Å². The van der Waals surface area contributed by atoms with Crippen molar-refractivity contribution in [1.29, 1.82) is 0 Å². The third-order valence-electron chi connectivity index (χ3n) is 5.66. The number of carbonyl (C=O) groups excluding carboxylic acids is 1. The number of amides is 1. The molecule has 3 aromatic carbocycles. The molecule has 0 atom stereocenters. The highest BCUT2D eigenvalue weighted by molar-refractivity contribution is 6.08. The number of nitrogens with one attached hydrogen (secondary N) is 1. The third kappa shape index (κ3) is 5.90. The number of anilines is 1. The minimum Gasteiger partial charge on any atom is -0.496 e. The molecule has 9 heteroatoms. The van der Waals surface area contributed by atoms with Gasteiger partial charge in [0.25, 0.3) is 5.91 Å². The minimum atomic E-state index is -0.339. The summed E-state index contributed by atoms with van der Waals surface area (Å²) in [7, 11) is 3.03. The average molecular weight is 503 g/mol. The maximum Gasteiger partial charge on any atom is 0.336 e. The van der Waals surface area contributed by atoms with Crippen molar-refractivity contribution in [3.63, 3.8) is 0 Å². The number of hydrogen-bond acceptors (Lipinski definition) is 7. The average Bonchev–Trinajstić information content (AvgIpc) is 3.35. The topological polar surface area (TPSA) is 96.7 Å². The van der Waals surface area contributed by atoms with Crippen LogP contribution in [0, 0.1) is 6.92 Å². The fourth-order valence-corrected chi connectivity index (χ4v) is 3.82. The first kappa shape index (κ1) is 25.7. The molecule has 0 fully saturated rings. The molecule has 0 unspecified atom stereocenters. The number of hydrogen-bond donors (Lipinski definition) is 1. The van der Waals surface area contributed by atoms with Crippen molar-refractivity contribution in [2.45, 2.75) is 13.8 Å². The second-order valence-electron chi connectivity index (χ2n) is 8.03. The van der Waals surface area contributed by atoms with E-state index in [1.54, 1.807) is 35.0 Å². The lowest BCUT2D eigenvalue weighted by atomic mass is 10.1. The molecule has 1 N–H and O–H groups in total. The van der Waals surface area contributed by atoms with E-state index in [1.807, 2.05) is 50.2 Å². The Balaban J connectivity index is 1.61. The van der Waals surface area contributed by atoms with Crippen molar-refractivity contribution in [2.75, 3.05) is 39.4 Å². The molecule has 4 aromatic rings. The summed E-state index contributed by atoms with van der Waals surface area (Å²) in [6.45, 7) is 5.38. The van der Waals surface area contributed by atoms with Gasteiger partial charge in [-0.3, -0.25) is 4.79 Å². The zero-order chi connectivity index (χ0) is 26.2. The third-order valence-corrected chi connectivity index (χ3v) is 5.66. The summed E-state index contributed by atoms with van der Waals surface area (Å²) in [4.78, 5) is 17.7. The molecule has 0 radical (unpaired) electrons. The van der Waals surface area contributed by atoms with Crippen LogP contribution < -0.4 is 19.5 Å². The Bertz CT molecular complexity index is 1330. The van der Waals surface area contributed by atoms with Gasteiger partial charge >= 0.3 is 6.01 Å². The summed E-state index contributed by atoms with van der Waals surface area (Å²) in [5.41, 5.74) is 3.69. The molecule has 0 aliphatic carbocycles. The SMILES string of the molecule is CCOCCOc1nc(-c2ccccc2C)n(-c2ccc(NC(=O)c3c(OC)cccc3OC)cc2)n1. The zero-order valence-corrected chi connectivity index (χ0v) is 21.4. The molecule has 1 aromatic heterocycles. The summed E-state index contributed by atoms with van der Waals surface area (Å²) in [6.07, 6.45) is 0. The zero-order valence-electron chi connectivity index (χ0n) is 21.4. The van der Waals surface area contributed by atoms with E-state index in [2.05, 4.69) is 15.4 Å². The van der Waals surface area contributed by atoms with E-state index in [4.69, 9.17) is 18.9 Å². The van der Waals surface area contributed by atoms with Gasteiger partial charge < -0.3 is 24.3 Å². The van der Waals surface area contributed by atoms with Gasteiger partial charge in [0.2, 0.25) is 0 Å². The van der Waals surface area contributed by atoms with E-state index in [9.17, 15) is 4.79 Å². The van der Waals surface area contributed by atoms with Gasteiger partial charge in [0.05, 0.1) is 26.5 Å². The van der Waals surface area contributed by atoms with Crippen molar-refractivity contribution < 1.29 is 23.7 Å². The van der Waals surface area contributed by atoms with Gasteiger partial charge in [0, 0.05) is 17.9 Å². The van der Waals surface area contributed by atoms with Gasteiger partial charge in [0.15, 0.2) is 5.82 Å². The van der Waals surface area contributed by atoms with E-state index >= 15 is 0 Å². The monoisotopic (exact) mass is 502 g/mol. The number of ether oxygens (including phenoxy) is 4. The first-order valence-electron chi connectivity index (χ1n) is 11.9. The first-order chi connectivity index (χ1) is 18.0. The van der Waals surface area contributed by atoms with Crippen molar-refractivity contribution in [3.8, 4) is 34.6 Å². The van der Waals surface area contributed by atoms with Crippen LogP contribution in [-0.4, -0.2) is 54.7 Å². The quantitative estimate of drug-likeness (QED) is 0.291. The molecule has 0 saturated carbocycles. The molecule has 0 aliphatic rings. The van der Waals surface area contributed by atoms with Crippen LogP contribution >= 0.6 is 0 Å². The normalized spacial score (nSPS) is 10.7. The standard InChI is InChI=1S/C28H30N4O5/c1-5-36-17-18-37-28-30-26(22-10-7-6-9-19(22)2)32(31-28)21-15-13-20(14-16-21)29-27(33)25-23(34-3)11-8-12-24(25)35-4/h6-16H,5,17-18H2,1-4H3,(H,29,33). The van der Waals surface area contributed by atoms with E-state index in [0.717, 1.165) is 16.8 Å². The van der Waals surface area contributed by atoms with E-state index in [0.29, 0.717) is 48.4 Å². The Morgan fingerprint density at radius 1 is 0.919 bits per heavy atom. The predicted octanol–water partition coefficient (Wildman–Crippen LogP) is 4.93. The van der Waals surface area contributed by atoms with Crippen molar-refractivity contribution in [3.05, 3.63) is 77.9 Å². The second-order valence-corrected chi connectivity index (χ2v) is 8.03. The number of methoxy groups -OCH3 is 2. The molecule has 0 bridgehead atoms. The second kappa shape index (κ2) is 12.0. The lowest BCUT2D eigenvalue weighted by molar-refractivity contribution is 0.102. The molecule has 0 spiro atoms. The maximum absolute atomic E-state index is 13.0. The number of nitrogens with zero attached hydrogens (tertiary/aromatic N) is 3. The van der Waals surface area contributed by atoms with Crippen LogP contribution in [0.3, 0.4) is 0 Å². The number of carbonyl (C=O) groups is 1. The van der Waals surface area contributed by atoms with Crippen LogP contribution in [0.5, 0.6) is 17.5 Å². The highest BCUT2D eigenvalue weighted by atomic mass is 16.5. The van der Waals surface area contributed by atoms with Crippen LogP contribution in [-0.2, 0) is 4.74 Å². The van der Waals surface area contributed by atoms with Gasteiger partial charge in [-0.15, -0.1) is 5.10 Å². The Morgan fingerprint density at radius 2 is 1.62 bits per heavy atom. The number of benzene rings is 3. The van der Waals surface area contributed by atoms with Gasteiger partial charge in [-0.2, -0.15) is 4.98 Å². The number of aromatic nitrogens is 3. The van der Waals surface area contributed by atoms with Crippen LogP contribution in [0.1, 0.15) is 22.8 Å². The van der Waals surface area contributed by atoms with Crippen LogP contribution in [0.2, 0.25) is 0 Å². The predicted molar refractivity (Wildman–Crippen MR) is 141 cm³/mol. The molecule has 0 aliphatic heterocycles. The maximum atomic E-state index is 13.0. The highest BCUT2D eigenvalue weighted by Gasteiger charge is 2.19. The van der Waals surface area contributed by atoms with E-state index in [1.165, 1.54) is 14.2 Å². The van der Waals surface area contributed by atoms with Crippen LogP contribution in [0.25, 0.3) is 17.1 Å². The van der Waals surface area contributed by atoms with Crippen molar-refractivity contribution in [1.82, 2.24) is 14.8 Å². The molecule has 0 saturated heterocycles.